The molecule has 0 aliphatic heterocycles. The van der Waals surface area contributed by atoms with E-state index in [1.165, 1.54) is 6.42 Å². The molecule has 2 rings (SSSR count). The van der Waals surface area contributed by atoms with Gasteiger partial charge in [0.05, 0.1) is 11.0 Å². The number of benzene rings is 1. The lowest BCUT2D eigenvalue weighted by atomic mass is 9.98. The predicted molar refractivity (Wildman–Crippen MR) is 71.7 cm³/mol. The lowest BCUT2D eigenvalue weighted by molar-refractivity contribution is 0.162. The largest absolute Gasteiger partial charge is 0.297 e. The van der Waals surface area contributed by atoms with Crippen molar-refractivity contribution < 1.29 is 12.6 Å². The fraction of sp³-hybridized carbons (Fsp3) is 0.429. The van der Waals surface area contributed by atoms with Crippen molar-refractivity contribution >= 4 is 16.2 Å². The fourth-order valence-electron chi connectivity index (χ4n) is 2.19. The molecular weight excluding hydrogens is 248 g/mol. The second-order valence-corrected chi connectivity index (χ2v) is 6.16. The van der Waals surface area contributed by atoms with Crippen LogP contribution in [-0.2, 0) is 14.3 Å². The van der Waals surface area contributed by atoms with Gasteiger partial charge in [-0.2, -0.15) is 8.42 Å². The van der Waals surface area contributed by atoms with Crippen LogP contribution < -0.4 is 0 Å². The first-order chi connectivity index (χ1) is 8.62. The van der Waals surface area contributed by atoms with Crippen molar-refractivity contribution in [2.45, 2.75) is 43.1 Å². The van der Waals surface area contributed by atoms with E-state index in [4.69, 9.17) is 4.18 Å². The van der Waals surface area contributed by atoms with E-state index < -0.39 is 10.1 Å². The lowest BCUT2D eigenvalue weighted by Crippen LogP contribution is -2.21. The summed E-state index contributed by atoms with van der Waals surface area (Å²) in [5, 5.41) is 0. The van der Waals surface area contributed by atoms with Gasteiger partial charge in [-0.3, -0.25) is 4.18 Å². The summed E-state index contributed by atoms with van der Waals surface area (Å²) in [7, 11) is -3.64. The predicted octanol–water partition coefficient (Wildman–Crippen LogP) is 3.37. The second kappa shape index (κ2) is 5.67. The Morgan fingerprint density at radius 2 is 1.94 bits per heavy atom. The molecule has 0 radical (unpaired) electrons. The molecule has 1 saturated carbocycles. The average molecular weight is 266 g/mol. The SMILES string of the molecule is C=Cc1cccc(S(=O)(=O)OC2CCCCC2)c1. The molecule has 0 unspecified atom stereocenters. The first-order valence-corrected chi connectivity index (χ1v) is 7.68. The molecule has 1 aliphatic carbocycles. The van der Waals surface area contributed by atoms with E-state index in [-0.39, 0.29) is 11.0 Å². The summed E-state index contributed by atoms with van der Waals surface area (Å²) in [4.78, 5) is 0.213. The van der Waals surface area contributed by atoms with E-state index in [1.54, 1.807) is 24.3 Å². The molecule has 0 saturated heterocycles. The number of hydrogen-bond donors (Lipinski definition) is 0. The van der Waals surface area contributed by atoms with Crippen LogP contribution in [-0.4, -0.2) is 14.5 Å². The fourth-order valence-corrected chi connectivity index (χ4v) is 3.38. The third-order valence-electron chi connectivity index (χ3n) is 3.20. The zero-order valence-electron chi connectivity index (χ0n) is 10.3. The van der Waals surface area contributed by atoms with Gasteiger partial charge in [-0.25, -0.2) is 0 Å². The quantitative estimate of drug-likeness (QED) is 0.785. The minimum atomic E-state index is -3.64. The molecule has 0 atom stereocenters. The highest BCUT2D eigenvalue weighted by Crippen LogP contribution is 2.25. The maximum absolute atomic E-state index is 12.1. The van der Waals surface area contributed by atoms with Crippen LogP contribution in [0.15, 0.2) is 35.7 Å². The van der Waals surface area contributed by atoms with E-state index in [0.29, 0.717) is 0 Å². The highest BCUT2D eigenvalue weighted by atomic mass is 32.2. The van der Waals surface area contributed by atoms with Crippen molar-refractivity contribution in [1.82, 2.24) is 0 Å². The van der Waals surface area contributed by atoms with Crippen LogP contribution in [0.4, 0.5) is 0 Å². The van der Waals surface area contributed by atoms with Gasteiger partial charge in [-0.15, -0.1) is 0 Å². The molecule has 98 valence electrons. The zero-order valence-corrected chi connectivity index (χ0v) is 11.2. The van der Waals surface area contributed by atoms with Crippen LogP contribution in [0.25, 0.3) is 6.08 Å². The first kappa shape index (κ1) is 13.3. The highest BCUT2D eigenvalue weighted by molar-refractivity contribution is 7.86. The molecule has 0 heterocycles. The summed E-state index contributed by atoms with van der Waals surface area (Å²) in [6.45, 7) is 3.63. The Morgan fingerprint density at radius 1 is 1.22 bits per heavy atom. The molecule has 1 aromatic rings. The molecule has 0 bridgehead atoms. The Labute approximate surface area is 109 Å². The maximum atomic E-state index is 12.1. The van der Waals surface area contributed by atoms with Gasteiger partial charge in [-0.1, -0.05) is 44.1 Å². The first-order valence-electron chi connectivity index (χ1n) is 6.27. The van der Waals surface area contributed by atoms with Crippen molar-refractivity contribution in [1.29, 1.82) is 0 Å². The summed E-state index contributed by atoms with van der Waals surface area (Å²) < 4.78 is 29.5. The Morgan fingerprint density at radius 3 is 2.61 bits per heavy atom. The molecule has 4 heteroatoms. The summed E-state index contributed by atoms with van der Waals surface area (Å²) in [5.41, 5.74) is 0.781. The van der Waals surface area contributed by atoms with E-state index in [9.17, 15) is 8.42 Å². The smallest absolute Gasteiger partial charge is 0.263 e. The molecule has 1 aliphatic rings. The molecule has 18 heavy (non-hydrogen) atoms. The lowest BCUT2D eigenvalue weighted by Gasteiger charge is -2.21. The van der Waals surface area contributed by atoms with Gasteiger partial charge in [0.1, 0.15) is 0 Å². The average Bonchev–Trinajstić information content (AvgIpc) is 2.39. The van der Waals surface area contributed by atoms with Gasteiger partial charge in [0, 0.05) is 0 Å². The van der Waals surface area contributed by atoms with Crippen molar-refractivity contribution in [3.05, 3.63) is 36.4 Å². The van der Waals surface area contributed by atoms with E-state index >= 15 is 0 Å². The number of rotatable bonds is 4. The maximum Gasteiger partial charge on any atom is 0.297 e. The van der Waals surface area contributed by atoms with Gasteiger partial charge in [0.25, 0.3) is 10.1 Å². The van der Waals surface area contributed by atoms with Crippen LogP contribution in [0.2, 0.25) is 0 Å². The molecule has 0 aromatic heterocycles. The molecule has 1 aromatic carbocycles. The topological polar surface area (TPSA) is 43.4 Å². The third kappa shape index (κ3) is 3.21. The van der Waals surface area contributed by atoms with Crippen LogP contribution in [0.1, 0.15) is 37.7 Å². The Bertz CT molecular complexity index is 514. The minimum absolute atomic E-state index is 0.156. The van der Waals surface area contributed by atoms with Crippen molar-refractivity contribution in [2.24, 2.45) is 0 Å². The number of hydrogen-bond acceptors (Lipinski definition) is 3. The Balaban J connectivity index is 2.16. The molecule has 1 fully saturated rings. The van der Waals surface area contributed by atoms with Crippen LogP contribution in [0.5, 0.6) is 0 Å². The van der Waals surface area contributed by atoms with Crippen molar-refractivity contribution in [3.63, 3.8) is 0 Å². The van der Waals surface area contributed by atoms with Crippen molar-refractivity contribution in [2.75, 3.05) is 0 Å². The summed E-state index contributed by atoms with van der Waals surface area (Å²) in [6.07, 6.45) is 6.41. The Kier molecular flexibility index (Phi) is 4.19. The molecule has 3 nitrogen and oxygen atoms in total. The minimum Gasteiger partial charge on any atom is -0.263 e. The normalized spacial score (nSPS) is 17.6. The van der Waals surface area contributed by atoms with Gasteiger partial charge < -0.3 is 0 Å². The third-order valence-corrected chi connectivity index (χ3v) is 4.55. The van der Waals surface area contributed by atoms with E-state index in [2.05, 4.69) is 6.58 Å². The van der Waals surface area contributed by atoms with Crippen molar-refractivity contribution in [3.8, 4) is 0 Å². The summed E-state index contributed by atoms with van der Waals surface area (Å²) in [6, 6.07) is 6.66. The van der Waals surface area contributed by atoms with Gasteiger partial charge in [0.15, 0.2) is 0 Å². The van der Waals surface area contributed by atoms with Crippen LogP contribution >= 0.6 is 0 Å². The summed E-state index contributed by atoms with van der Waals surface area (Å²) in [5.74, 6) is 0. The molecular formula is C14H18O3S. The molecule has 0 N–H and O–H groups in total. The standard InChI is InChI=1S/C14H18O3S/c1-2-12-7-6-10-14(11-12)18(15,16)17-13-8-4-3-5-9-13/h2,6-7,10-11,13H,1,3-5,8-9H2. The zero-order chi connectivity index (χ0) is 13.0. The molecule has 0 amide bonds. The van der Waals surface area contributed by atoms with Gasteiger partial charge in [-0.05, 0) is 30.5 Å². The second-order valence-electron chi connectivity index (χ2n) is 4.59. The van der Waals surface area contributed by atoms with Gasteiger partial charge in [0.2, 0.25) is 0 Å². The monoisotopic (exact) mass is 266 g/mol. The van der Waals surface area contributed by atoms with E-state index in [1.807, 2.05) is 6.07 Å². The summed E-state index contributed by atoms with van der Waals surface area (Å²) >= 11 is 0. The molecule has 0 spiro atoms. The van der Waals surface area contributed by atoms with E-state index in [0.717, 1.165) is 31.2 Å². The van der Waals surface area contributed by atoms with Gasteiger partial charge >= 0.3 is 0 Å². The van der Waals surface area contributed by atoms with Crippen LogP contribution in [0.3, 0.4) is 0 Å². The Hall–Kier alpha value is -1.13. The highest BCUT2D eigenvalue weighted by Gasteiger charge is 2.23. The van der Waals surface area contributed by atoms with Crippen LogP contribution in [0, 0.1) is 0 Å².